The van der Waals surface area contributed by atoms with Gasteiger partial charge in [0, 0.05) is 5.54 Å². The van der Waals surface area contributed by atoms with Gasteiger partial charge >= 0.3 is 0 Å². The van der Waals surface area contributed by atoms with Crippen LogP contribution in [-0.4, -0.2) is 5.54 Å². The highest BCUT2D eigenvalue weighted by atomic mass is 14.7. The molecule has 1 nitrogen and oxygen atoms in total. The highest BCUT2D eigenvalue weighted by molar-refractivity contribution is 4.91. The summed E-state index contributed by atoms with van der Waals surface area (Å²) >= 11 is 0. The maximum atomic E-state index is 6.57. The zero-order chi connectivity index (χ0) is 13.4. The average Bonchev–Trinajstić information content (AvgIpc) is 2.33. The molecule has 108 valence electrons. The molecule has 1 saturated carbocycles. The van der Waals surface area contributed by atoms with Crippen LogP contribution >= 0.6 is 0 Å². The van der Waals surface area contributed by atoms with Gasteiger partial charge in [0.1, 0.15) is 0 Å². The highest BCUT2D eigenvalue weighted by Gasteiger charge is 2.33. The molecule has 1 aliphatic carbocycles. The van der Waals surface area contributed by atoms with Crippen LogP contribution in [0.5, 0.6) is 0 Å². The van der Waals surface area contributed by atoms with E-state index in [9.17, 15) is 0 Å². The number of unbranched alkanes of at least 4 members (excludes halogenated alkanes) is 6. The Kier molecular flexibility index (Phi) is 7.29. The van der Waals surface area contributed by atoms with Crippen molar-refractivity contribution in [3.05, 3.63) is 0 Å². The van der Waals surface area contributed by atoms with E-state index >= 15 is 0 Å². The smallest absolute Gasteiger partial charge is 0.0157 e. The summed E-state index contributed by atoms with van der Waals surface area (Å²) in [5, 5.41) is 0. The zero-order valence-electron chi connectivity index (χ0n) is 13.0. The first-order valence-electron chi connectivity index (χ1n) is 8.36. The molecule has 0 radical (unpaired) electrons. The third-order valence-corrected chi connectivity index (χ3v) is 5.08. The standard InChI is InChI=1S/C17H35N/c1-4-5-6-7-8-9-10-12-17(18)13-11-15(2)16(3)14-17/h15-16H,4-14,18H2,1-3H3. The van der Waals surface area contributed by atoms with Crippen molar-refractivity contribution in [1.29, 1.82) is 0 Å². The molecule has 0 bridgehead atoms. The fourth-order valence-corrected chi connectivity index (χ4v) is 3.41. The van der Waals surface area contributed by atoms with Gasteiger partial charge in [0.05, 0.1) is 0 Å². The Hall–Kier alpha value is -0.0400. The molecule has 0 aromatic heterocycles. The van der Waals surface area contributed by atoms with Crippen molar-refractivity contribution in [3.8, 4) is 0 Å². The van der Waals surface area contributed by atoms with Gasteiger partial charge in [-0.25, -0.2) is 0 Å². The molecule has 1 aliphatic rings. The lowest BCUT2D eigenvalue weighted by molar-refractivity contribution is 0.164. The zero-order valence-corrected chi connectivity index (χ0v) is 13.0. The first-order chi connectivity index (χ1) is 8.57. The third kappa shape index (κ3) is 5.73. The van der Waals surface area contributed by atoms with Gasteiger partial charge in [0.2, 0.25) is 0 Å². The largest absolute Gasteiger partial charge is 0.325 e. The van der Waals surface area contributed by atoms with Gasteiger partial charge in [-0.1, -0.05) is 65.7 Å². The Balaban J connectivity index is 2.07. The minimum Gasteiger partial charge on any atom is -0.325 e. The van der Waals surface area contributed by atoms with Crippen LogP contribution in [-0.2, 0) is 0 Å². The summed E-state index contributed by atoms with van der Waals surface area (Å²) in [5.41, 5.74) is 6.75. The maximum Gasteiger partial charge on any atom is 0.0157 e. The normalized spacial score (nSPS) is 32.7. The van der Waals surface area contributed by atoms with E-state index in [1.807, 2.05) is 0 Å². The Morgan fingerprint density at radius 2 is 1.56 bits per heavy atom. The Morgan fingerprint density at radius 1 is 0.944 bits per heavy atom. The summed E-state index contributed by atoms with van der Waals surface area (Å²) < 4.78 is 0. The third-order valence-electron chi connectivity index (χ3n) is 5.08. The summed E-state index contributed by atoms with van der Waals surface area (Å²) in [7, 11) is 0. The number of hydrogen-bond acceptors (Lipinski definition) is 1. The molecular formula is C17H35N. The lowest BCUT2D eigenvalue weighted by Crippen LogP contribution is -2.45. The molecule has 0 aromatic rings. The lowest BCUT2D eigenvalue weighted by Gasteiger charge is -2.40. The molecule has 2 N–H and O–H groups in total. The SMILES string of the molecule is CCCCCCCCCC1(N)CCC(C)C(C)C1. The Morgan fingerprint density at radius 3 is 2.17 bits per heavy atom. The predicted molar refractivity (Wildman–Crippen MR) is 81.7 cm³/mol. The molecule has 0 amide bonds. The van der Waals surface area contributed by atoms with Crippen molar-refractivity contribution < 1.29 is 0 Å². The second kappa shape index (κ2) is 8.19. The molecule has 3 unspecified atom stereocenters. The topological polar surface area (TPSA) is 26.0 Å². The van der Waals surface area contributed by atoms with E-state index < -0.39 is 0 Å². The van der Waals surface area contributed by atoms with Gasteiger partial charge in [0.15, 0.2) is 0 Å². The van der Waals surface area contributed by atoms with Crippen molar-refractivity contribution in [1.82, 2.24) is 0 Å². The minimum atomic E-state index is 0.176. The predicted octanol–water partition coefficient (Wildman–Crippen LogP) is 5.28. The van der Waals surface area contributed by atoms with Crippen LogP contribution in [0, 0.1) is 11.8 Å². The molecule has 1 heteroatoms. The second-order valence-corrected chi connectivity index (χ2v) is 6.93. The van der Waals surface area contributed by atoms with Crippen molar-refractivity contribution in [2.24, 2.45) is 17.6 Å². The number of rotatable bonds is 8. The van der Waals surface area contributed by atoms with Gasteiger partial charge in [-0.3, -0.25) is 0 Å². The molecule has 0 aromatic carbocycles. The van der Waals surface area contributed by atoms with Crippen molar-refractivity contribution >= 4 is 0 Å². The van der Waals surface area contributed by atoms with Gasteiger partial charge in [-0.05, 0) is 37.5 Å². The van der Waals surface area contributed by atoms with E-state index in [2.05, 4.69) is 20.8 Å². The van der Waals surface area contributed by atoms with Crippen molar-refractivity contribution in [2.45, 2.75) is 96.9 Å². The van der Waals surface area contributed by atoms with E-state index in [4.69, 9.17) is 5.73 Å². The average molecular weight is 253 g/mol. The highest BCUT2D eigenvalue weighted by Crippen LogP contribution is 2.37. The Bertz CT molecular complexity index is 214. The van der Waals surface area contributed by atoms with Crippen molar-refractivity contribution in [3.63, 3.8) is 0 Å². The lowest BCUT2D eigenvalue weighted by atomic mass is 9.70. The van der Waals surface area contributed by atoms with Crippen LogP contribution in [0.3, 0.4) is 0 Å². The molecule has 1 rings (SSSR count). The van der Waals surface area contributed by atoms with Gasteiger partial charge in [0.25, 0.3) is 0 Å². The fourth-order valence-electron chi connectivity index (χ4n) is 3.41. The molecular weight excluding hydrogens is 218 g/mol. The first kappa shape index (κ1) is 16.0. The second-order valence-electron chi connectivity index (χ2n) is 6.93. The molecule has 0 heterocycles. The van der Waals surface area contributed by atoms with Crippen LogP contribution in [0.25, 0.3) is 0 Å². The Labute approximate surface area is 115 Å². The summed E-state index contributed by atoms with van der Waals surface area (Å²) in [6.07, 6.45) is 14.9. The van der Waals surface area contributed by atoms with Gasteiger partial charge in [-0.15, -0.1) is 0 Å². The number of hydrogen-bond donors (Lipinski definition) is 1. The summed E-state index contributed by atoms with van der Waals surface area (Å²) in [5.74, 6) is 1.71. The molecule has 0 spiro atoms. The van der Waals surface area contributed by atoms with Gasteiger partial charge < -0.3 is 5.73 Å². The first-order valence-corrected chi connectivity index (χ1v) is 8.36. The fraction of sp³-hybridized carbons (Fsp3) is 1.00. The summed E-state index contributed by atoms with van der Waals surface area (Å²) in [6.45, 7) is 7.05. The molecule has 3 atom stereocenters. The van der Waals surface area contributed by atoms with Crippen LogP contribution < -0.4 is 5.73 Å². The quantitative estimate of drug-likeness (QED) is 0.585. The molecule has 1 fully saturated rings. The maximum absolute atomic E-state index is 6.57. The molecule has 0 saturated heterocycles. The van der Waals surface area contributed by atoms with Gasteiger partial charge in [-0.2, -0.15) is 0 Å². The van der Waals surface area contributed by atoms with Crippen molar-refractivity contribution in [2.75, 3.05) is 0 Å². The van der Waals surface area contributed by atoms with Crippen LogP contribution in [0.4, 0.5) is 0 Å². The molecule has 18 heavy (non-hydrogen) atoms. The minimum absolute atomic E-state index is 0.176. The van der Waals surface area contributed by atoms with Crippen LogP contribution in [0.15, 0.2) is 0 Å². The van der Waals surface area contributed by atoms with Crippen LogP contribution in [0.2, 0.25) is 0 Å². The summed E-state index contributed by atoms with van der Waals surface area (Å²) in [4.78, 5) is 0. The van der Waals surface area contributed by atoms with E-state index in [1.54, 1.807) is 0 Å². The summed E-state index contributed by atoms with van der Waals surface area (Å²) in [6, 6.07) is 0. The van der Waals surface area contributed by atoms with Crippen LogP contribution in [0.1, 0.15) is 91.4 Å². The van der Waals surface area contributed by atoms with E-state index in [0.717, 1.165) is 11.8 Å². The van der Waals surface area contributed by atoms with E-state index in [-0.39, 0.29) is 5.54 Å². The van der Waals surface area contributed by atoms with E-state index in [0.29, 0.717) is 0 Å². The number of nitrogens with two attached hydrogens (primary N) is 1. The molecule has 0 aliphatic heterocycles. The van der Waals surface area contributed by atoms with E-state index in [1.165, 1.54) is 70.6 Å². The monoisotopic (exact) mass is 253 g/mol.